The number of hydrogen-bond donors (Lipinski definition) is 2. The number of nitrogens with two attached hydrogens (primary N) is 1. The van der Waals surface area contributed by atoms with Crippen LogP contribution in [0.3, 0.4) is 0 Å². The molecule has 1 fully saturated rings. The highest BCUT2D eigenvalue weighted by Crippen LogP contribution is 2.03. The lowest BCUT2D eigenvalue weighted by molar-refractivity contribution is -0.138. The van der Waals surface area contributed by atoms with Gasteiger partial charge in [0.2, 0.25) is 0 Å². The molecular formula is C11H23N3O3. The molecule has 1 aliphatic rings. The Kier molecular flexibility index (Phi) is 6.43. The zero-order chi connectivity index (χ0) is 12.7. The van der Waals surface area contributed by atoms with E-state index in [9.17, 15) is 4.79 Å². The molecule has 6 heteroatoms. The molecule has 0 aromatic rings. The molecular weight excluding hydrogens is 222 g/mol. The van der Waals surface area contributed by atoms with Crippen LogP contribution in [0, 0.1) is 0 Å². The zero-order valence-electron chi connectivity index (χ0n) is 10.5. The Morgan fingerprint density at radius 2 is 1.82 bits per heavy atom. The van der Waals surface area contributed by atoms with Gasteiger partial charge < -0.3 is 20.5 Å². The minimum absolute atomic E-state index is 0.521. The second-order valence-electron chi connectivity index (χ2n) is 4.41. The van der Waals surface area contributed by atoms with E-state index < -0.39 is 12.0 Å². The Morgan fingerprint density at radius 3 is 2.29 bits per heavy atom. The van der Waals surface area contributed by atoms with Gasteiger partial charge in [-0.3, -0.25) is 9.69 Å². The number of rotatable bonds is 7. The van der Waals surface area contributed by atoms with Crippen LogP contribution in [0.4, 0.5) is 0 Å². The molecule has 0 amide bonds. The fourth-order valence-corrected chi connectivity index (χ4v) is 1.90. The van der Waals surface area contributed by atoms with Crippen LogP contribution < -0.4 is 5.73 Å². The van der Waals surface area contributed by atoms with Crippen LogP contribution in [0.2, 0.25) is 0 Å². The monoisotopic (exact) mass is 245 g/mol. The number of carboxylic acids is 1. The molecule has 3 N–H and O–H groups in total. The molecule has 1 unspecified atom stereocenters. The summed E-state index contributed by atoms with van der Waals surface area (Å²) in [6.45, 7) is 6.51. The zero-order valence-corrected chi connectivity index (χ0v) is 10.5. The number of aliphatic carboxylic acids is 1. The van der Waals surface area contributed by atoms with E-state index in [2.05, 4.69) is 9.80 Å². The van der Waals surface area contributed by atoms with Gasteiger partial charge in [-0.15, -0.1) is 0 Å². The minimum Gasteiger partial charge on any atom is -0.480 e. The van der Waals surface area contributed by atoms with Crippen LogP contribution in [0.15, 0.2) is 0 Å². The summed E-state index contributed by atoms with van der Waals surface area (Å²) in [5.74, 6) is -0.913. The average Bonchev–Trinajstić information content (AvgIpc) is 2.34. The van der Waals surface area contributed by atoms with Crippen molar-refractivity contribution in [3.05, 3.63) is 0 Å². The highest BCUT2D eigenvalue weighted by Gasteiger charge is 2.18. The highest BCUT2D eigenvalue weighted by molar-refractivity contribution is 5.72. The van der Waals surface area contributed by atoms with Crippen molar-refractivity contribution >= 4 is 5.97 Å². The molecule has 1 atom stereocenters. The van der Waals surface area contributed by atoms with Crippen molar-refractivity contribution in [2.75, 3.05) is 53.0 Å². The van der Waals surface area contributed by atoms with Gasteiger partial charge >= 0.3 is 5.97 Å². The van der Waals surface area contributed by atoms with Crippen LogP contribution >= 0.6 is 0 Å². The van der Waals surface area contributed by atoms with Gasteiger partial charge in [-0.25, -0.2) is 0 Å². The lowest BCUT2D eigenvalue weighted by atomic mass is 10.2. The molecule has 0 radical (unpaired) electrons. The van der Waals surface area contributed by atoms with Crippen molar-refractivity contribution in [1.29, 1.82) is 0 Å². The third-order valence-corrected chi connectivity index (χ3v) is 3.15. The van der Waals surface area contributed by atoms with Crippen molar-refractivity contribution in [3.8, 4) is 0 Å². The second kappa shape index (κ2) is 7.60. The van der Waals surface area contributed by atoms with Crippen molar-refractivity contribution in [1.82, 2.24) is 9.80 Å². The molecule has 17 heavy (non-hydrogen) atoms. The first-order valence-corrected chi connectivity index (χ1v) is 6.05. The predicted octanol–water partition coefficient (Wildman–Crippen LogP) is -0.948. The second-order valence-corrected chi connectivity index (χ2v) is 4.41. The van der Waals surface area contributed by atoms with Gasteiger partial charge in [-0.1, -0.05) is 0 Å². The van der Waals surface area contributed by atoms with Crippen LogP contribution in [-0.4, -0.2) is 79.9 Å². The molecule has 1 rings (SSSR count). The van der Waals surface area contributed by atoms with Gasteiger partial charge in [-0.05, 0) is 6.42 Å². The van der Waals surface area contributed by atoms with E-state index >= 15 is 0 Å². The first-order valence-electron chi connectivity index (χ1n) is 6.05. The van der Waals surface area contributed by atoms with Crippen LogP contribution in [-0.2, 0) is 9.53 Å². The Labute approximate surface area is 102 Å². The summed E-state index contributed by atoms with van der Waals surface area (Å²) in [5.41, 5.74) is 5.47. The van der Waals surface area contributed by atoms with Crippen molar-refractivity contribution in [2.24, 2.45) is 5.73 Å². The highest BCUT2D eigenvalue weighted by atomic mass is 16.5. The minimum atomic E-state index is -0.913. The molecule has 0 aromatic carbocycles. The molecule has 1 aliphatic heterocycles. The number of ether oxygens (including phenoxy) is 1. The third kappa shape index (κ3) is 5.45. The van der Waals surface area contributed by atoms with Crippen LogP contribution in [0.25, 0.3) is 0 Å². The molecule has 0 aliphatic carbocycles. The predicted molar refractivity (Wildman–Crippen MR) is 65.0 cm³/mol. The number of nitrogens with zero attached hydrogens (tertiary/aromatic N) is 2. The number of carbonyl (C=O) groups is 1. The molecule has 6 nitrogen and oxygen atoms in total. The molecule has 0 saturated carbocycles. The number of hydrogen-bond acceptors (Lipinski definition) is 5. The first-order chi connectivity index (χ1) is 8.13. The number of carboxylic acid groups (broad SMARTS) is 1. The first kappa shape index (κ1) is 14.4. The normalized spacial score (nSPS) is 20.4. The van der Waals surface area contributed by atoms with Gasteiger partial charge in [0.05, 0.1) is 6.61 Å². The van der Waals surface area contributed by atoms with E-state index in [0.29, 0.717) is 6.42 Å². The summed E-state index contributed by atoms with van der Waals surface area (Å²) >= 11 is 0. The summed E-state index contributed by atoms with van der Waals surface area (Å²) in [6.07, 6.45) is 0.521. The van der Waals surface area contributed by atoms with Gasteiger partial charge in [0.15, 0.2) is 0 Å². The summed E-state index contributed by atoms with van der Waals surface area (Å²) < 4.78 is 5.04. The summed E-state index contributed by atoms with van der Waals surface area (Å²) in [5, 5.41) is 8.69. The van der Waals surface area contributed by atoms with Crippen molar-refractivity contribution in [2.45, 2.75) is 12.5 Å². The van der Waals surface area contributed by atoms with Gasteiger partial charge in [0.1, 0.15) is 6.04 Å². The van der Waals surface area contributed by atoms with Crippen molar-refractivity contribution < 1.29 is 14.6 Å². The summed E-state index contributed by atoms with van der Waals surface area (Å²) in [4.78, 5) is 15.2. The SMILES string of the molecule is COCCN1CCN(CCC(N)C(=O)O)CC1. The molecule has 100 valence electrons. The quantitative estimate of drug-likeness (QED) is 0.602. The maximum atomic E-state index is 10.6. The molecule has 0 bridgehead atoms. The summed E-state index contributed by atoms with van der Waals surface area (Å²) in [7, 11) is 1.71. The molecule has 0 spiro atoms. The average molecular weight is 245 g/mol. The van der Waals surface area contributed by atoms with Crippen molar-refractivity contribution in [3.63, 3.8) is 0 Å². The Balaban J connectivity index is 2.12. The topological polar surface area (TPSA) is 79.0 Å². The lowest BCUT2D eigenvalue weighted by Crippen LogP contribution is -2.48. The Morgan fingerprint density at radius 1 is 1.29 bits per heavy atom. The number of piperazine rings is 1. The van der Waals surface area contributed by atoms with E-state index in [1.165, 1.54) is 0 Å². The maximum absolute atomic E-state index is 10.6. The maximum Gasteiger partial charge on any atom is 0.320 e. The van der Waals surface area contributed by atoms with E-state index in [1.807, 2.05) is 0 Å². The summed E-state index contributed by atoms with van der Waals surface area (Å²) in [6, 6.07) is -0.735. The fourth-order valence-electron chi connectivity index (χ4n) is 1.90. The lowest BCUT2D eigenvalue weighted by Gasteiger charge is -2.34. The van der Waals surface area contributed by atoms with E-state index in [-0.39, 0.29) is 0 Å². The van der Waals surface area contributed by atoms with Crippen LogP contribution in [0.5, 0.6) is 0 Å². The Bertz CT molecular complexity index is 230. The number of methoxy groups -OCH3 is 1. The van der Waals surface area contributed by atoms with Crippen LogP contribution in [0.1, 0.15) is 6.42 Å². The van der Waals surface area contributed by atoms with Gasteiger partial charge in [0, 0.05) is 46.4 Å². The Hall–Kier alpha value is -0.690. The largest absolute Gasteiger partial charge is 0.480 e. The molecule has 1 saturated heterocycles. The van der Waals surface area contributed by atoms with E-state index in [4.69, 9.17) is 15.6 Å². The third-order valence-electron chi connectivity index (χ3n) is 3.15. The molecule has 0 aromatic heterocycles. The smallest absolute Gasteiger partial charge is 0.320 e. The van der Waals surface area contributed by atoms with E-state index in [0.717, 1.165) is 45.9 Å². The standard InChI is InChI=1S/C11H23N3O3/c1-17-9-8-14-6-4-13(5-7-14)3-2-10(12)11(15)16/h10H,2-9,12H2,1H3,(H,15,16). The molecule has 1 heterocycles. The van der Waals surface area contributed by atoms with Gasteiger partial charge in [0.25, 0.3) is 0 Å². The fraction of sp³-hybridized carbons (Fsp3) is 0.909. The van der Waals surface area contributed by atoms with Gasteiger partial charge in [-0.2, -0.15) is 0 Å². The van der Waals surface area contributed by atoms with E-state index in [1.54, 1.807) is 7.11 Å².